The molecule has 8 atom stereocenters. The zero-order valence-corrected chi connectivity index (χ0v) is 16.8. The van der Waals surface area contributed by atoms with E-state index < -0.39 is 0 Å². The fourth-order valence-electron chi connectivity index (χ4n) is 8.94. The minimum absolute atomic E-state index is 0.0289. The predicted octanol–water partition coefficient (Wildman–Crippen LogP) is 5.48. The maximum atomic E-state index is 10.4. The fourth-order valence-corrected chi connectivity index (χ4v) is 8.94. The highest BCUT2D eigenvalue weighted by atomic mass is 16.3. The van der Waals surface area contributed by atoms with Crippen molar-refractivity contribution < 1.29 is 5.11 Å². The van der Waals surface area contributed by atoms with Gasteiger partial charge in [0.2, 0.25) is 0 Å². The molecule has 1 spiro atoms. The maximum Gasteiger partial charge on any atom is 0.0546 e. The highest BCUT2D eigenvalue weighted by Crippen LogP contribution is 2.80. The largest absolute Gasteiger partial charge is 0.393 e. The summed E-state index contributed by atoms with van der Waals surface area (Å²) >= 11 is 0. The van der Waals surface area contributed by atoms with Crippen molar-refractivity contribution in [1.82, 2.24) is 4.98 Å². The van der Waals surface area contributed by atoms with Crippen molar-refractivity contribution >= 4 is 5.57 Å². The molecule has 0 bridgehead atoms. The molecule has 1 N–H and O–H groups in total. The number of aliphatic hydroxyl groups is 1. The van der Waals surface area contributed by atoms with E-state index in [0.29, 0.717) is 16.2 Å². The van der Waals surface area contributed by atoms with Gasteiger partial charge in [0.1, 0.15) is 0 Å². The van der Waals surface area contributed by atoms with Crippen LogP contribution in [0.2, 0.25) is 0 Å². The SMILES string of the molecule is C[C@]12CC[C@H]3[C@@H](CC4CC45C[C@@H](O)CC[C@]35C)[C@@H]1CC=C2c1cccnc1. The molecule has 0 aliphatic heterocycles. The van der Waals surface area contributed by atoms with Crippen LogP contribution in [0.4, 0.5) is 0 Å². The molecule has 0 amide bonds. The number of hydrogen-bond acceptors (Lipinski definition) is 2. The van der Waals surface area contributed by atoms with Gasteiger partial charge in [-0.3, -0.25) is 4.98 Å². The van der Waals surface area contributed by atoms with Gasteiger partial charge < -0.3 is 5.11 Å². The lowest BCUT2D eigenvalue weighted by molar-refractivity contribution is -0.125. The smallest absolute Gasteiger partial charge is 0.0546 e. The number of pyridine rings is 1. The summed E-state index contributed by atoms with van der Waals surface area (Å²) < 4.78 is 0. The summed E-state index contributed by atoms with van der Waals surface area (Å²) in [6.07, 6.45) is 16.7. The summed E-state index contributed by atoms with van der Waals surface area (Å²) in [5, 5.41) is 10.4. The van der Waals surface area contributed by atoms with E-state index in [1.165, 1.54) is 44.1 Å². The van der Waals surface area contributed by atoms with Crippen molar-refractivity contribution in [3.63, 3.8) is 0 Å². The third-order valence-electron chi connectivity index (χ3n) is 10.3. The molecule has 0 saturated heterocycles. The number of rotatable bonds is 1. The van der Waals surface area contributed by atoms with Gasteiger partial charge in [0.15, 0.2) is 0 Å². The van der Waals surface area contributed by atoms with E-state index in [1.54, 1.807) is 5.57 Å². The first-order chi connectivity index (χ1) is 13.0. The highest BCUT2D eigenvalue weighted by Gasteiger charge is 2.73. The van der Waals surface area contributed by atoms with Gasteiger partial charge in [-0.15, -0.1) is 0 Å². The van der Waals surface area contributed by atoms with E-state index in [1.807, 2.05) is 6.20 Å². The molecule has 2 nitrogen and oxygen atoms in total. The lowest BCUT2D eigenvalue weighted by atomic mass is 9.44. The topological polar surface area (TPSA) is 33.1 Å². The van der Waals surface area contributed by atoms with Crippen molar-refractivity contribution in [2.45, 2.75) is 71.3 Å². The van der Waals surface area contributed by atoms with Crippen LogP contribution in [-0.2, 0) is 0 Å². The molecule has 2 heteroatoms. The highest BCUT2D eigenvalue weighted by molar-refractivity contribution is 5.72. The van der Waals surface area contributed by atoms with Crippen molar-refractivity contribution in [1.29, 1.82) is 0 Å². The van der Waals surface area contributed by atoms with Gasteiger partial charge >= 0.3 is 0 Å². The Labute approximate surface area is 163 Å². The van der Waals surface area contributed by atoms with Gasteiger partial charge in [-0.05, 0) is 108 Å². The number of allylic oxidation sites excluding steroid dienone is 2. The molecular weight excluding hydrogens is 330 g/mol. The number of hydrogen-bond donors (Lipinski definition) is 1. The summed E-state index contributed by atoms with van der Waals surface area (Å²) in [5.74, 6) is 3.47. The van der Waals surface area contributed by atoms with Crippen LogP contribution in [0.25, 0.3) is 5.57 Å². The van der Waals surface area contributed by atoms with Gasteiger partial charge in [-0.2, -0.15) is 0 Å². The second-order valence-electron chi connectivity index (χ2n) is 11.0. The molecule has 5 aliphatic rings. The van der Waals surface area contributed by atoms with Crippen molar-refractivity contribution in [2.24, 2.45) is 39.9 Å². The van der Waals surface area contributed by atoms with Crippen LogP contribution in [0.15, 0.2) is 30.6 Å². The molecule has 1 aromatic rings. The van der Waals surface area contributed by atoms with Gasteiger partial charge in [-0.25, -0.2) is 0 Å². The second-order valence-corrected chi connectivity index (χ2v) is 11.0. The molecular formula is C25H33NO. The van der Waals surface area contributed by atoms with E-state index in [9.17, 15) is 5.11 Å². The Morgan fingerprint density at radius 3 is 2.81 bits per heavy atom. The lowest BCUT2D eigenvalue weighted by Crippen LogP contribution is -2.54. The molecule has 2 unspecified atom stereocenters. The Morgan fingerprint density at radius 1 is 1.11 bits per heavy atom. The fraction of sp³-hybridized carbons (Fsp3) is 0.720. The quantitative estimate of drug-likeness (QED) is 0.717. The van der Waals surface area contributed by atoms with Gasteiger partial charge in [0.05, 0.1) is 6.10 Å². The molecule has 4 fully saturated rings. The normalized spacial score (nSPS) is 52.9. The van der Waals surface area contributed by atoms with E-state index in [2.05, 4.69) is 43.2 Å². The number of fused-ring (bicyclic) bond motifs is 4. The van der Waals surface area contributed by atoms with E-state index in [0.717, 1.165) is 36.5 Å². The van der Waals surface area contributed by atoms with E-state index >= 15 is 0 Å². The number of aliphatic hydroxyl groups excluding tert-OH is 1. The first-order valence-corrected chi connectivity index (χ1v) is 11.3. The van der Waals surface area contributed by atoms with Crippen molar-refractivity contribution in [3.8, 4) is 0 Å². The van der Waals surface area contributed by atoms with Gasteiger partial charge in [0.25, 0.3) is 0 Å². The summed E-state index contributed by atoms with van der Waals surface area (Å²) in [6, 6.07) is 4.35. The van der Waals surface area contributed by atoms with Gasteiger partial charge in [-0.1, -0.05) is 26.0 Å². The molecule has 6 rings (SSSR count). The Balaban J connectivity index is 1.35. The predicted molar refractivity (Wildman–Crippen MR) is 108 cm³/mol. The third kappa shape index (κ3) is 1.98. The molecule has 0 aromatic carbocycles. The molecule has 4 saturated carbocycles. The van der Waals surface area contributed by atoms with Crippen molar-refractivity contribution in [3.05, 3.63) is 36.2 Å². The monoisotopic (exact) mass is 363 g/mol. The molecule has 27 heavy (non-hydrogen) atoms. The Morgan fingerprint density at radius 2 is 2.00 bits per heavy atom. The Hall–Kier alpha value is -1.15. The molecule has 1 aromatic heterocycles. The van der Waals surface area contributed by atoms with Crippen LogP contribution >= 0.6 is 0 Å². The van der Waals surface area contributed by atoms with Crippen LogP contribution in [0, 0.1) is 39.9 Å². The zero-order valence-electron chi connectivity index (χ0n) is 16.8. The summed E-state index contributed by atoms with van der Waals surface area (Å²) in [6.45, 7) is 5.18. The Kier molecular flexibility index (Phi) is 3.27. The first kappa shape index (κ1) is 16.8. The average Bonchev–Trinajstić information content (AvgIpc) is 3.24. The van der Waals surface area contributed by atoms with Crippen LogP contribution < -0.4 is 0 Å². The molecule has 144 valence electrons. The van der Waals surface area contributed by atoms with Crippen LogP contribution in [-0.4, -0.2) is 16.2 Å². The number of nitrogens with zero attached hydrogens (tertiary/aromatic N) is 1. The van der Waals surface area contributed by atoms with Crippen LogP contribution in [0.1, 0.15) is 70.8 Å². The van der Waals surface area contributed by atoms with Crippen LogP contribution in [0.5, 0.6) is 0 Å². The summed E-state index contributed by atoms with van der Waals surface area (Å²) in [4.78, 5) is 4.40. The van der Waals surface area contributed by atoms with E-state index in [4.69, 9.17) is 0 Å². The third-order valence-corrected chi connectivity index (χ3v) is 10.3. The lowest BCUT2D eigenvalue weighted by Gasteiger charge is -2.61. The zero-order chi connectivity index (χ0) is 18.4. The maximum absolute atomic E-state index is 10.4. The minimum atomic E-state index is -0.0289. The molecule has 1 heterocycles. The molecule has 0 radical (unpaired) electrons. The standard InChI is InChI=1S/C25H33NO/c1-23-9-8-22-19(21(23)6-5-20(23)16-4-3-11-26-15-16)12-17-13-25(17)14-18(27)7-10-24(22,25)2/h3-5,11,15,17-19,21-22,27H,6-10,12-14H2,1-2H3/t17?,18-,19-,21-,22-,23+,24+,25?/m0/s1. The van der Waals surface area contributed by atoms with Crippen LogP contribution in [0.3, 0.4) is 0 Å². The summed E-state index contributed by atoms with van der Waals surface area (Å²) in [5.41, 5.74) is 4.25. The van der Waals surface area contributed by atoms with Gasteiger partial charge in [0, 0.05) is 12.4 Å². The minimum Gasteiger partial charge on any atom is -0.393 e. The molecule has 5 aliphatic carbocycles. The van der Waals surface area contributed by atoms with E-state index in [-0.39, 0.29) is 6.10 Å². The second kappa shape index (κ2) is 5.26. The van der Waals surface area contributed by atoms with Crippen molar-refractivity contribution in [2.75, 3.05) is 0 Å². The first-order valence-electron chi connectivity index (χ1n) is 11.3. The Bertz CT molecular complexity index is 802. The summed E-state index contributed by atoms with van der Waals surface area (Å²) in [7, 11) is 0. The number of aromatic nitrogens is 1. The average molecular weight is 364 g/mol.